The molecule has 8 heteroatoms. The molecule has 0 saturated carbocycles. The SMILES string of the molecule is CCOCCOC(=O)c1ccc(NC(=O)CCN2C(=O)c3ccccc3C2=O)cc1. The number of carbonyl (C=O) groups excluding carboxylic acids is 4. The molecule has 2 aromatic carbocycles. The third-order valence-corrected chi connectivity index (χ3v) is 4.51. The standard InChI is InChI=1S/C22H22N2O6/c1-2-29-13-14-30-22(28)15-7-9-16(10-8-15)23-19(25)11-12-24-20(26)17-5-3-4-6-18(17)21(24)27/h3-10H,2,11-14H2,1H3,(H,23,25). The zero-order valence-corrected chi connectivity index (χ0v) is 16.6. The number of hydrogen-bond donors (Lipinski definition) is 1. The fourth-order valence-corrected chi connectivity index (χ4v) is 2.99. The van der Waals surface area contributed by atoms with E-state index in [0.717, 1.165) is 4.90 Å². The van der Waals surface area contributed by atoms with E-state index in [-0.39, 0.29) is 25.5 Å². The predicted molar refractivity (Wildman–Crippen MR) is 108 cm³/mol. The Bertz CT molecular complexity index is 919. The minimum absolute atomic E-state index is 0.0115. The monoisotopic (exact) mass is 410 g/mol. The number of esters is 1. The number of imide groups is 1. The first kappa shape index (κ1) is 21.2. The van der Waals surface area contributed by atoms with Crippen molar-refractivity contribution in [2.75, 3.05) is 31.7 Å². The number of ether oxygens (including phenoxy) is 2. The summed E-state index contributed by atoms with van der Waals surface area (Å²) in [5, 5.41) is 2.68. The Morgan fingerprint density at radius 3 is 2.17 bits per heavy atom. The summed E-state index contributed by atoms with van der Waals surface area (Å²) in [5.41, 5.74) is 1.56. The van der Waals surface area contributed by atoms with Crippen molar-refractivity contribution in [3.05, 3.63) is 65.2 Å². The average Bonchev–Trinajstić information content (AvgIpc) is 3.00. The van der Waals surface area contributed by atoms with Gasteiger partial charge in [-0.15, -0.1) is 0 Å². The number of rotatable bonds is 9. The van der Waals surface area contributed by atoms with Crippen LogP contribution in [-0.2, 0) is 14.3 Å². The maximum Gasteiger partial charge on any atom is 0.338 e. The summed E-state index contributed by atoms with van der Waals surface area (Å²) in [6, 6.07) is 12.8. The highest BCUT2D eigenvalue weighted by atomic mass is 16.6. The Hall–Kier alpha value is -3.52. The molecule has 30 heavy (non-hydrogen) atoms. The minimum atomic E-state index is -0.474. The Balaban J connectivity index is 1.48. The molecule has 0 fully saturated rings. The molecule has 1 heterocycles. The molecule has 0 saturated heterocycles. The van der Waals surface area contributed by atoms with E-state index in [9.17, 15) is 19.2 Å². The summed E-state index contributed by atoms with van der Waals surface area (Å²) in [6.45, 7) is 2.91. The second-order valence-electron chi connectivity index (χ2n) is 6.52. The van der Waals surface area contributed by atoms with Crippen LogP contribution in [-0.4, -0.2) is 55.0 Å². The number of nitrogens with zero attached hydrogens (tertiary/aromatic N) is 1. The van der Waals surface area contributed by atoms with Gasteiger partial charge in [0.25, 0.3) is 11.8 Å². The van der Waals surface area contributed by atoms with Gasteiger partial charge in [0.2, 0.25) is 5.91 Å². The Labute approximate surface area is 173 Å². The molecule has 0 unspecified atom stereocenters. The Morgan fingerprint density at radius 1 is 0.933 bits per heavy atom. The largest absolute Gasteiger partial charge is 0.460 e. The Morgan fingerprint density at radius 2 is 1.57 bits per heavy atom. The molecule has 1 aliphatic heterocycles. The quantitative estimate of drug-likeness (QED) is 0.387. The van der Waals surface area contributed by atoms with Gasteiger partial charge in [0.1, 0.15) is 6.61 Å². The van der Waals surface area contributed by atoms with Gasteiger partial charge in [0, 0.05) is 25.3 Å². The van der Waals surface area contributed by atoms with E-state index in [1.165, 1.54) is 0 Å². The van der Waals surface area contributed by atoms with Gasteiger partial charge in [-0.05, 0) is 43.3 Å². The van der Waals surface area contributed by atoms with Crippen molar-refractivity contribution >= 4 is 29.4 Å². The molecule has 3 rings (SSSR count). The van der Waals surface area contributed by atoms with Crippen molar-refractivity contribution in [2.24, 2.45) is 0 Å². The number of benzene rings is 2. The fourth-order valence-electron chi connectivity index (χ4n) is 2.99. The zero-order chi connectivity index (χ0) is 21.5. The van der Waals surface area contributed by atoms with Crippen LogP contribution in [0, 0.1) is 0 Å². The van der Waals surface area contributed by atoms with E-state index in [1.54, 1.807) is 48.5 Å². The summed E-state index contributed by atoms with van der Waals surface area (Å²) in [5.74, 6) is -1.61. The topological polar surface area (TPSA) is 102 Å². The van der Waals surface area contributed by atoms with E-state index in [0.29, 0.717) is 35.6 Å². The number of anilines is 1. The number of hydrogen-bond acceptors (Lipinski definition) is 6. The van der Waals surface area contributed by atoms with Gasteiger partial charge in [-0.3, -0.25) is 19.3 Å². The van der Waals surface area contributed by atoms with Crippen molar-refractivity contribution in [3.8, 4) is 0 Å². The van der Waals surface area contributed by atoms with Crippen LogP contribution in [0.5, 0.6) is 0 Å². The molecular weight excluding hydrogens is 388 g/mol. The van der Waals surface area contributed by atoms with Crippen molar-refractivity contribution < 1.29 is 28.7 Å². The average molecular weight is 410 g/mol. The fraction of sp³-hybridized carbons (Fsp3) is 0.273. The third kappa shape index (κ3) is 4.90. The van der Waals surface area contributed by atoms with Crippen LogP contribution in [0.3, 0.4) is 0 Å². The zero-order valence-electron chi connectivity index (χ0n) is 16.6. The molecule has 0 aliphatic carbocycles. The molecule has 2 aromatic rings. The maximum absolute atomic E-state index is 12.3. The second kappa shape index (κ2) is 9.80. The highest BCUT2D eigenvalue weighted by Gasteiger charge is 2.34. The van der Waals surface area contributed by atoms with Crippen LogP contribution in [0.1, 0.15) is 44.4 Å². The van der Waals surface area contributed by atoms with Crippen molar-refractivity contribution in [1.29, 1.82) is 0 Å². The number of fused-ring (bicyclic) bond motifs is 1. The highest BCUT2D eigenvalue weighted by molar-refractivity contribution is 6.21. The molecule has 1 aliphatic rings. The maximum atomic E-state index is 12.3. The van der Waals surface area contributed by atoms with Crippen LogP contribution in [0.25, 0.3) is 0 Å². The van der Waals surface area contributed by atoms with Crippen LogP contribution >= 0.6 is 0 Å². The highest BCUT2D eigenvalue weighted by Crippen LogP contribution is 2.22. The molecule has 0 atom stereocenters. The molecule has 0 radical (unpaired) electrons. The molecule has 8 nitrogen and oxygen atoms in total. The van der Waals surface area contributed by atoms with E-state index in [4.69, 9.17) is 9.47 Å². The van der Waals surface area contributed by atoms with Gasteiger partial charge in [-0.25, -0.2) is 4.79 Å². The molecule has 0 aromatic heterocycles. The van der Waals surface area contributed by atoms with Crippen LogP contribution in [0.2, 0.25) is 0 Å². The lowest BCUT2D eigenvalue weighted by atomic mass is 10.1. The number of carbonyl (C=O) groups is 4. The predicted octanol–water partition coefficient (Wildman–Crippen LogP) is 2.50. The normalized spacial score (nSPS) is 12.6. The van der Waals surface area contributed by atoms with Crippen molar-refractivity contribution in [1.82, 2.24) is 4.90 Å². The smallest absolute Gasteiger partial charge is 0.338 e. The van der Waals surface area contributed by atoms with Crippen molar-refractivity contribution in [3.63, 3.8) is 0 Å². The van der Waals surface area contributed by atoms with E-state index in [1.807, 2.05) is 6.92 Å². The van der Waals surface area contributed by atoms with Gasteiger partial charge in [0.15, 0.2) is 0 Å². The van der Waals surface area contributed by atoms with Gasteiger partial charge in [-0.2, -0.15) is 0 Å². The first-order valence-electron chi connectivity index (χ1n) is 9.61. The summed E-state index contributed by atoms with van der Waals surface area (Å²) < 4.78 is 10.2. The lowest BCUT2D eigenvalue weighted by Crippen LogP contribution is -2.32. The molecule has 1 N–H and O–H groups in total. The second-order valence-corrected chi connectivity index (χ2v) is 6.52. The molecule has 0 spiro atoms. The summed E-state index contributed by atoms with van der Waals surface area (Å²) >= 11 is 0. The lowest BCUT2D eigenvalue weighted by molar-refractivity contribution is -0.116. The van der Waals surface area contributed by atoms with E-state index >= 15 is 0 Å². The first-order valence-corrected chi connectivity index (χ1v) is 9.61. The van der Waals surface area contributed by atoms with Crippen LogP contribution in [0.4, 0.5) is 5.69 Å². The minimum Gasteiger partial charge on any atom is -0.460 e. The van der Waals surface area contributed by atoms with E-state index < -0.39 is 17.8 Å². The molecule has 156 valence electrons. The number of nitrogens with one attached hydrogen (secondary N) is 1. The summed E-state index contributed by atoms with van der Waals surface area (Å²) in [7, 11) is 0. The van der Waals surface area contributed by atoms with Gasteiger partial charge >= 0.3 is 5.97 Å². The summed E-state index contributed by atoms with van der Waals surface area (Å²) in [4.78, 5) is 49.8. The number of amides is 3. The van der Waals surface area contributed by atoms with Gasteiger partial charge < -0.3 is 14.8 Å². The summed E-state index contributed by atoms with van der Waals surface area (Å²) in [6.07, 6.45) is -0.0350. The van der Waals surface area contributed by atoms with E-state index in [2.05, 4.69) is 5.32 Å². The molecule has 0 bridgehead atoms. The lowest BCUT2D eigenvalue weighted by Gasteiger charge is -2.13. The third-order valence-electron chi connectivity index (χ3n) is 4.51. The molecular formula is C22H22N2O6. The van der Waals surface area contributed by atoms with Gasteiger partial charge in [0.05, 0.1) is 23.3 Å². The van der Waals surface area contributed by atoms with Gasteiger partial charge in [-0.1, -0.05) is 12.1 Å². The first-order chi connectivity index (χ1) is 14.5. The Kier molecular flexibility index (Phi) is 6.92. The van der Waals surface area contributed by atoms with Crippen LogP contribution < -0.4 is 5.32 Å². The van der Waals surface area contributed by atoms with Crippen LogP contribution in [0.15, 0.2) is 48.5 Å². The molecule has 3 amide bonds. The van der Waals surface area contributed by atoms with Crippen molar-refractivity contribution in [2.45, 2.75) is 13.3 Å².